The molecule has 0 saturated carbocycles. The van der Waals surface area contributed by atoms with E-state index in [2.05, 4.69) is 10.1 Å². The minimum atomic E-state index is -0.777. The Hall–Kier alpha value is -1.99. The molecule has 1 atom stereocenters. The Morgan fingerprint density at radius 1 is 1.47 bits per heavy atom. The van der Waals surface area contributed by atoms with E-state index in [0.717, 1.165) is 6.07 Å². The van der Waals surface area contributed by atoms with E-state index in [9.17, 15) is 4.39 Å². The van der Waals surface area contributed by atoms with Crippen LogP contribution in [0, 0.1) is 5.82 Å². The fourth-order valence-corrected chi connectivity index (χ4v) is 1.23. The number of hydrogen-bond acceptors (Lipinski definition) is 6. The topological polar surface area (TPSA) is 105 Å². The van der Waals surface area contributed by atoms with Gasteiger partial charge < -0.3 is 20.5 Å². The number of aromatic hydroxyl groups is 1. The molecule has 0 bridgehead atoms. The maximum absolute atomic E-state index is 13.1. The molecule has 1 aromatic heterocycles. The maximum atomic E-state index is 13.1. The van der Waals surface area contributed by atoms with Crippen LogP contribution in [0.15, 0.2) is 22.7 Å². The van der Waals surface area contributed by atoms with Crippen LogP contribution >= 0.6 is 0 Å². The van der Waals surface area contributed by atoms with Crippen molar-refractivity contribution in [3.05, 3.63) is 29.9 Å². The highest BCUT2D eigenvalue weighted by Gasteiger charge is 2.15. The van der Waals surface area contributed by atoms with Crippen LogP contribution in [0.5, 0.6) is 5.75 Å². The summed E-state index contributed by atoms with van der Waals surface area (Å²) in [5, 5.41) is 21.4. The van der Waals surface area contributed by atoms with E-state index in [4.69, 9.17) is 20.5 Å². The van der Waals surface area contributed by atoms with Gasteiger partial charge in [0, 0.05) is 5.56 Å². The van der Waals surface area contributed by atoms with Gasteiger partial charge in [-0.3, -0.25) is 0 Å². The van der Waals surface area contributed by atoms with Crippen LogP contribution in [0.1, 0.15) is 11.9 Å². The van der Waals surface area contributed by atoms with Crippen molar-refractivity contribution in [2.24, 2.45) is 5.73 Å². The lowest BCUT2D eigenvalue weighted by Gasteiger charge is -1.99. The molecule has 4 N–H and O–H groups in total. The molecule has 1 heterocycles. The van der Waals surface area contributed by atoms with Crippen LogP contribution in [0.25, 0.3) is 11.4 Å². The first-order valence-corrected chi connectivity index (χ1v) is 4.80. The van der Waals surface area contributed by atoms with Crippen molar-refractivity contribution in [1.29, 1.82) is 0 Å². The lowest BCUT2D eigenvalue weighted by Crippen LogP contribution is -2.14. The number of aliphatic hydroxyl groups is 1. The molecule has 0 spiro atoms. The molecular weight excluding hydrogens is 229 g/mol. The molecule has 1 unspecified atom stereocenters. The Morgan fingerprint density at radius 3 is 2.88 bits per heavy atom. The zero-order valence-electron chi connectivity index (χ0n) is 8.67. The second-order valence-corrected chi connectivity index (χ2v) is 3.41. The zero-order valence-corrected chi connectivity index (χ0v) is 8.67. The molecule has 90 valence electrons. The van der Waals surface area contributed by atoms with Gasteiger partial charge in [0.25, 0.3) is 0 Å². The largest absolute Gasteiger partial charge is 0.505 e. The molecule has 0 aliphatic carbocycles. The minimum Gasteiger partial charge on any atom is -0.505 e. The number of hydrogen-bond donors (Lipinski definition) is 3. The minimum absolute atomic E-state index is 0.0657. The highest BCUT2D eigenvalue weighted by atomic mass is 19.1. The van der Waals surface area contributed by atoms with Gasteiger partial charge in [-0.15, -0.1) is 0 Å². The third-order valence-electron chi connectivity index (χ3n) is 2.16. The number of aliphatic hydroxyl groups excluding tert-OH is 1. The molecule has 0 aliphatic heterocycles. The number of phenolic OH excluding ortho intramolecular Hbond substituents is 1. The second kappa shape index (κ2) is 4.48. The van der Waals surface area contributed by atoms with Crippen LogP contribution in [0.4, 0.5) is 4.39 Å². The standard InChI is InChI=1S/C10H10FN3O3/c11-6-3-5(1-2-8(6)16)9-13-10(17-14-9)7(12)4-15/h1-3,7,15-16H,4,12H2. The lowest BCUT2D eigenvalue weighted by atomic mass is 10.2. The molecule has 0 fully saturated rings. The van der Waals surface area contributed by atoms with Crippen LogP contribution in [0.3, 0.4) is 0 Å². The molecule has 2 aromatic rings. The average molecular weight is 239 g/mol. The summed E-state index contributed by atoms with van der Waals surface area (Å²) in [4.78, 5) is 3.91. The SMILES string of the molecule is NC(CO)c1nc(-c2ccc(O)c(F)c2)no1. The van der Waals surface area contributed by atoms with Crippen LogP contribution < -0.4 is 5.73 Å². The Kier molecular flexibility index (Phi) is 3.03. The summed E-state index contributed by atoms with van der Waals surface area (Å²) in [6, 6.07) is 2.94. The van der Waals surface area contributed by atoms with E-state index in [1.54, 1.807) is 0 Å². The Labute approximate surface area is 95.5 Å². The third-order valence-corrected chi connectivity index (χ3v) is 2.16. The van der Waals surface area contributed by atoms with Crippen molar-refractivity contribution in [3.63, 3.8) is 0 Å². The van der Waals surface area contributed by atoms with E-state index in [1.807, 2.05) is 0 Å². The fraction of sp³-hybridized carbons (Fsp3) is 0.200. The molecule has 6 nitrogen and oxygen atoms in total. The molecule has 0 amide bonds. The third kappa shape index (κ3) is 2.24. The predicted octanol–water partition coefficient (Wildman–Crippen LogP) is 0.573. The highest BCUT2D eigenvalue weighted by molar-refractivity contribution is 5.55. The molecule has 0 saturated heterocycles. The summed E-state index contributed by atoms with van der Waals surface area (Å²) < 4.78 is 17.9. The van der Waals surface area contributed by atoms with E-state index >= 15 is 0 Å². The number of halogens is 1. The van der Waals surface area contributed by atoms with E-state index in [-0.39, 0.29) is 18.3 Å². The Balaban J connectivity index is 2.33. The van der Waals surface area contributed by atoms with Gasteiger partial charge in [0.2, 0.25) is 11.7 Å². The number of nitrogens with two attached hydrogens (primary N) is 1. The average Bonchev–Trinajstić information content (AvgIpc) is 2.81. The Bertz CT molecular complexity index is 529. The molecular formula is C10H10FN3O3. The second-order valence-electron chi connectivity index (χ2n) is 3.41. The first kappa shape index (κ1) is 11.5. The van der Waals surface area contributed by atoms with Gasteiger partial charge in [0.1, 0.15) is 6.04 Å². The van der Waals surface area contributed by atoms with Gasteiger partial charge in [-0.05, 0) is 18.2 Å². The summed E-state index contributed by atoms with van der Waals surface area (Å²) in [7, 11) is 0. The zero-order chi connectivity index (χ0) is 12.4. The molecule has 7 heteroatoms. The van der Waals surface area contributed by atoms with Crippen molar-refractivity contribution in [1.82, 2.24) is 10.1 Å². The van der Waals surface area contributed by atoms with E-state index in [1.165, 1.54) is 12.1 Å². The molecule has 0 radical (unpaired) electrons. The maximum Gasteiger partial charge on any atom is 0.246 e. The summed E-state index contributed by atoms with van der Waals surface area (Å²) in [6.07, 6.45) is 0. The molecule has 2 rings (SSSR count). The van der Waals surface area contributed by atoms with Crippen molar-refractivity contribution in [2.45, 2.75) is 6.04 Å². The smallest absolute Gasteiger partial charge is 0.246 e. The van der Waals surface area contributed by atoms with Gasteiger partial charge in [0.15, 0.2) is 11.6 Å². The van der Waals surface area contributed by atoms with Crippen molar-refractivity contribution >= 4 is 0 Å². The normalized spacial score (nSPS) is 12.6. The number of phenols is 1. The quantitative estimate of drug-likeness (QED) is 0.723. The number of aromatic nitrogens is 2. The van der Waals surface area contributed by atoms with Crippen LogP contribution in [0.2, 0.25) is 0 Å². The number of rotatable bonds is 3. The van der Waals surface area contributed by atoms with E-state index < -0.39 is 17.6 Å². The van der Waals surface area contributed by atoms with Crippen molar-refractivity contribution < 1.29 is 19.1 Å². The molecule has 17 heavy (non-hydrogen) atoms. The molecule has 0 aliphatic rings. The Morgan fingerprint density at radius 2 is 2.24 bits per heavy atom. The first-order valence-electron chi connectivity index (χ1n) is 4.80. The fourth-order valence-electron chi connectivity index (χ4n) is 1.23. The predicted molar refractivity (Wildman–Crippen MR) is 55.4 cm³/mol. The summed E-state index contributed by atoms with van der Waals surface area (Å²) in [5.41, 5.74) is 5.83. The van der Waals surface area contributed by atoms with Gasteiger partial charge in [-0.1, -0.05) is 5.16 Å². The van der Waals surface area contributed by atoms with Gasteiger partial charge in [-0.2, -0.15) is 4.98 Å². The van der Waals surface area contributed by atoms with Crippen molar-refractivity contribution in [3.8, 4) is 17.1 Å². The summed E-state index contributed by atoms with van der Waals surface area (Å²) in [5.74, 6) is -1.02. The van der Waals surface area contributed by atoms with E-state index in [0.29, 0.717) is 5.56 Å². The lowest BCUT2D eigenvalue weighted by molar-refractivity contribution is 0.237. The van der Waals surface area contributed by atoms with Gasteiger partial charge in [-0.25, -0.2) is 4.39 Å². The number of benzene rings is 1. The number of nitrogens with zero attached hydrogens (tertiary/aromatic N) is 2. The van der Waals surface area contributed by atoms with Gasteiger partial charge >= 0.3 is 0 Å². The first-order chi connectivity index (χ1) is 8.11. The van der Waals surface area contributed by atoms with Crippen LogP contribution in [-0.4, -0.2) is 27.0 Å². The van der Waals surface area contributed by atoms with Crippen LogP contribution in [-0.2, 0) is 0 Å². The molecule has 1 aromatic carbocycles. The highest BCUT2D eigenvalue weighted by Crippen LogP contribution is 2.23. The summed E-state index contributed by atoms with van der Waals surface area (Å²) >= 11 is 0. The monoisotopic (exact) mass is 239 g/mol. The summed E-state index contributed by atoms with van der Waals surface area (Å²) in [6.45, 7) is -0.328. The van der Waals surface area contributed by atoms with Gasteiger partial charge in [0.05, 0.1) is 6.61 Å². The van der Waals surface area contributed by atoms with Crippen molar-refractivity contribution in [2.75, 3.05) is 6.61 Å².